The van der Waals surface area contributed by atoms with Crippen LogP contribution in [0, 0.1) is 0 Å². The molecule has 0 radical (unpaired) electrons. The maximum atomic E-state index is 5.52. The van der Waals surface area contributed by atoms with Crippen LogP contribution < -0.4 is 0 Å². The first-order valence-corrected chi connectivity index (χ1v) is 3.68. The quantitative estimate of drug-likeness (QED) is 0.542. The molecule has 58 valence electrons. The minimum Gasteiger partial charge on any atom is -0.376 e. The van der Waals surface area contributed by atoms with Crippen LogP contribution in [0.2, 0.25) is 0 Å². The van der Waals surface area contributed by atoms with E-state index in [9.17, 15) is 0 Å². The summed E-state index contributed by atoms with van der Waals surface area (Å²) in [6, 6.07) is 0. The summed E-state index contributed by atoms with van der Waals surface area (Å²) in [5.41, 5.74) is -0.196. The summed E-state index contributed by atoms with van der Waals surface area (Å²) in [6.07, 6.45) is 2.78. The molecule has 0 saturated carbocycles. The van der Waals surface area contributed by atoms with Gasteiger partial charge in [-0.2, -0.15) is 0 Å². The number of rotatable bonds is 2. The van der Waals surface area contributed by atoms with Gasteiger partial charge in [0, 0.05) is 0 Å². The minimum absolute atomic E-state index is 0.196. The van der Waals surface area contributed by atoms with E-state index in [1.807, 2.05) is 6.08 Å². The van der Waals surface area contributed by atoms with Crippen molar-refractivity contribution in [2.45, 2.75) is 18.9 Å². The molecular formula is C8H14O2. The topological polar surface area (TPSA) is 18.5 Å². The normalized spacial score (nSPS) is 33.7. The van der Waals surface area contributed by atoms with E-state index in [1.54, 1.807) is 0 Å². The lowest BCUT2D eigenvalue weighted by atomic mass is 10.0. The van der Waals surface area contributed by atoms with Crippen LogP contribution >= 0.6 is 0 Å². The molecule has 0 amide bonds. The Morgan fingerprint density at radius 2 is 2.40 bits per heavy atom. The summed E-state index contributed by atoms with van der Waals surface area (Å²) in [7, 11) is 0. The van der Waals surface area contributed by atoms with Crippen molar-refractivity contribution in [2.24, 2.45) is 0 Å². The molecule has 0 aromatic rings. The van der Waals surface area contributed by atoms with E-state index in [-0.39, 0.29) is 5.60 Å². The first-order valence-electron chi connectivity index (χ1n) is 3.68. The summed E-state index contributed by atoms with van der Waals surface area (Å²) < 4.78 is 10.8. The minimum atomic E-state index is -0.196. The zero-order valence-electron chi connectivity index (χ0n) is 6.43. The van der Waals surface area contributed by atoms with Gasteiger partial charge in [0.25, 0.3) is 0 Å². The van der Waals surface area contributed by atoms with Gasteiger partial charge in [0.1, 0.15) is 5.60 Å². The van der Waals surface area contributed by atoms with Gasteiger partial charge < -0.3 is 9.47 Å². The fourth-order valence-electron chi connectivity index (χ4n) is 1.06. The molecule has 0 aromatic carbocycles. The first-order chi connectivity index (χ1) is 4.83. The molecule has 1 heterocycles. The third-order valence-electron chi connectivity index (χ3n) is 1.93. The van der Waals surface area contributed by atoms with Gasteiger partial charge in [0.05, 0.1) is 19.8 Å². The molecule has 0 bridgehead atoms. The number of hydrogen-bond acceptors (Lipinski definition) is 2. The molecule has 0 spiro atoms. The van der Waals surface area contributed by atoms with Crippen LogP contribution in [0.4, 0.5) is 0 Å². The molecule has 0 aromatic heterocycles. The predicted molar refractivity (Wildman–Crippen MR) is 40.0 cm³/mol. The lowest BCUT2D eigenvalue weighted by Gasteiger charge is -2.33. The van der Waals surface area contributed by atoms with Crippen LogP contribution in [0.15, 0.2) is 12.7 Å². The Labute approximate surface area is 61.8 Å². The van der Waals surface area contributed by atoms with Crippen molar-refractivity contribution in [2.75, 3.05) is 19.8 Å². The van der Waals surface area contributed by atoms with E-state index in [1.165, 1.54) is 0 Å². The molecule has 2 nitrogen and oxygen atoms in total. The molecule has 2 heteroatoms. The van der Waals surface area contributed by atoms with E-state index in [0.717, 1.165) is 13.0 Å². The fourth-order valence-corrected chi connectivity index (χ4v) is 1.06. The zero-order valence-corrected chi connectivity index (χ0v) is 6.43. The average molecular weight is 142 g/mol. The van der Waals surface area contributed by atoms with Gasteiger partial charge >= 0.3 is 0 Å². The van der Waals surface area contributed by atoms with Gasteiger partial charge in [-0.1, -0.05) is 13.0 Å². The molecule has 10 heavy (non-hydrogen) atoms. The van der Waals surface area contributed by atoms with Gasteiger partial charge in [0.15, 0.2) is 0 Å². The first kappa shape index (κ1) is 7.76. The molecule has 1 atom stereocenters. The summed E-state index contributed by atoms with van der Waals surface area (Å²) in [4.78, 5) is 0. The number of hydrogen-bond donors (Lipinski definition) is 0. The molecule has 1 aliphatic rings. The van der Waals surface area contributed by atoms with E-state index in [0.29, 0.717) is 13.2 Å². The Hall–Kier alpha value is -0.340. The van der Waals surface area contributed by atoms with Crippen molar-refractivity contribution in [1.29, 1.82) is 0 Å². The largest absolute Gasteiger partial charge is 0.376 e. The lowest BCUT2D eigenvalue weighted by Crippen LogP contribution is -2.40. The van der Waals surface area contributed by atoms with Gasteiger partial charge in [-0.15, -0.1) is 6.58 Å². The summed E-state index contributed by atoms with van der Waals surface area (Å²) >= 11 is 0. The molecule has 0 aliphatic carbocycles. The van der Waals surface area contributed by atoms with Gasteiger partial charge in [-0.05, 0) is 6.42 Å². The lowest BCUT2D eigenvalue weighted by molar-refractivity contribution is -0.132. The van der Waals surface area contributed by atoms with Crippen LogP contribution in [0.5, 0.6) is 0 Å². The van der Waals surface area contributed by atoms with Crippen molar-refractivity contribution in [3.63, 3.8) is 0 Å². The highest BCUT2D eigenvalue weighted by atomic mass is 16.6. The Morgan fingerprint density at radius 3 is 2.70 bits per heavy atom. The van der Waals surface area contributed by atoms with E-state index >= 15 is 0 Å². The van der Waals surface area contributed by atoms with Crippen molar-refractivity contribution < 1.29 is 9.47 Å². The van der Waals surface area contributed by atoms with Crippen molar-refractivity contribution in [3.05, 3.63) is 12.7 Å². The Morgan fingerprint density at radius 1 is 1.60 bits per heavy atom. The van der Waals surface area contributed by atoms with Crippen LogP contribution in [-0.4, -0.2) is 25.4 Å². The summed E-state index contributed by atoms with van der Waals surface area (Å²) in [5, 5.41) is 0. The third kappa shape index (κ3) is 1.39. The molecular weight excluding hydrogens is 128 g/mol. The monoisotopic (exact) mass is 142 g/mol. The maximum Gasteiger partial charge on any atom is 0.109 e. The Kier molecular flexibility index (Phi) is 2.46. The van der Waals surface area contributed by atoms with Gasteiger partial charge in [-0.3, -0.25) is 0 Å². The SMILES string of the molecule is C=CC1(CC)COCCO1. The van der Waals surface area contributed by atoms with Crippen LogP contribution in [0.25, 0.3) is 0 Å². The molecule has 1 aliphatic heterocycles. The van der Waals surface area contributed by atoms with Crippen molar-refractivity contribution >= 4 is 0 Å². The summed E-state index contributed by atoms with van der Waals surface area (Å²) in [5.74, 6) is 0. The van der Waals surface area contributed by atoms with Crippen molar-refractivity contribution in [1.82, 2.24) is 0 Å². The van der Waals surface area contributed by atoms with E-state index < -0.39 is 0 Å². The maximum absolute atomic E-state index is 5.52. The molecule has 1 saturated heterocycles. The zero-order chi connectivity index (χ0) is 7.45. The number of ether oxygens (including phenoxy) is 2. The molecule has 1 unspecified atom stereocenters. The second-order valence-corrected chi connectivity index (χ2v) is 2.52. The van der Waals surface area contributed by atoms with Crippen LogP contribution in [0.3, 0.4) is 0 Å². The highest BCUT2D eigenvalue weighted by Crippen LogP contribution is 2.20. The molecule has 0 N–H and O–H groups in total. The Bertz CT molecular complexity index is 114. The smallest absolute Gasteiger partial charge is 0.109 e. The molecule has 1 rings (SSSR count). The van der Waals surface area contributed by atoms with Gasteiger partial charge in [-0.25, -0.2) is 0 Å². The highest BCUT2D eigenvalue weighted by Gasteiger charge is 2.28. The van der Waals surface area contributed by atoms with Crippen molar-refractivity contribution in [3.8, 4) is 0 Å². The predicted octanol–water partition coefficient (Wildman–Crippen LogP) is 1.37. The highest BCUT2D eigenvalue weighted by molar-refractivity contribution is 4.97. The van der Waals surface area contributed by atoms with Crippen LogP contribution in [0.1, 0.15) is 13.3 Å². The third-order valence-corrected chi connectivity index (χ3v) is 1.93. The second kappa shape index (κ2) is 3.17. The van der Waals surface area contributed by atoms with Gasteiger partial charge in [0.2, 0.25) is 0 Å². The standard InChI is InChI=1S/C8H14O2/c1-3-8(4-2)7-9-5-6-10-8/h3H,1,4-7H2,2H3. The Balaban J connectivity index is 2.52. The van der Waals surface area contributed by atoms with E-state index in [2.05, 4.69) is 13.5 Å². The second-order valence-electron chi connectivity index (χ2n) is 2.52. The van der Waals surface area contributed by atoms with Crippen LogP contribution in [-0.2, 0) is 9.47 Å². The fraction of sp³-hybridized carbons (Fsp3) is 0.750. The average Bonchev–Trinajstić information content (AvgIpc) is 2.06. The van der Waals surface area contributed by atoms with E-state index in [4.69, 9.17) is 9.47 Å². The summed E-state index contributed by atoms with van der Waals surface area (Å²) in [6.45, 7) is 7.87. The molecule has 1 fully saturated rings.